The van der Waals surface area contributed by atoms with Crippen LogP contribution in [-0.4, -0.2) is 65.0 Å². The minimum Gasteiger partial charge on any atom is -0.383 e. The minimum absolute atomic E-state index is 0.00457. The quantitative estimate of drug-likeness (QED) is 0.560. The Kier molecular flexibility index (Phi) is 6.85. The highest BCUT2D eigenvalue weighted by Crippen LogP contribution is 2.31. The normalized spacial score (nSPS) is 15.9. The molecule has 1 saturated heterocycles. The summed E-state index contributed by atoms with van der Waals surface area (Å²) in [5.74, 6) is 0.855. The van der Waals surface area contributed by atoms with E-state index in [4.69, 9.17) is 16.3 Å². The summed E-state index contributed by atoms with van der Waals surface area (Å²) in [5.41, 5.74) is 4.90. The molecule has 4 rings (SSSR count). The zero-order valence-electron chi connectivity index (χ0n) is 18.3. The van der Waals surface area contributed by atoms with Gasteiger partial charge in [0.25, 0.3) is 0 Å². The number of tetrazole rings is 1. The Bertz CT molecular complexity index is 998. The summed E-state index contributed by atoms with van der Waals surface area (Å²) >= 11 is 6.26. The molecule has 1 aromatic heterocycles. The van der Waals surface area contributed by atoms with Crippen LogP contribution in [0, 0.1) is 13.8 Å². The molecule has 2 aromatic carbocycles. The molecule has 1 aliphatic heterocycles. The van der Waals surface area contributed by atoms with E-state index in [9.17, 15) is 0 Å². The number of aryl methyl sites for hydroxylation is 2. The number of methoxy groups -OCH3 is 1. The first-order chi connectivity index (χ1) is 15.1. The Morgan fingerprint density at radius 2 is 1.77 bits per heavy atom. The molecule has 1 aliphatic rings. The van der Waals surface area contributed by atoms with Crippen molar-refractivity contribution in [3.63, 3.8) is 0 Å². The number of hydrogen-bond donors (Lipinski definition) is 0. The standard InChI is InChI=1S/C23H29ClN6O/c1-17-4-7-19(8-5-17)22(23-25-26-27-30(23)14-15-31-3)29-12-10-28(11-13-29)21-16-20(24)9-6-18(21)2/h4-9,16,22H,10-15H2,1-3H3/t22-/m1/s1. The molecule has 1 atom stereocenters. The van der Waals surface area contributed by atoms with E-state index in [0.717, 1.165) is 37.0 Å². The monoisotopic (exact) mass is 440 g/mol. The highest BCUT2D eigenvalue weighted by atomic mass is 35.5. The molecule has 0 unspecified atom stereocenters. The van der Waals surface area contributed by atoms with Gasteiger partial charge in [0, 0.05) is 44.0 Å². The number of rotatable bonds is 7. The van der Waals surface area contributed by atoms with Gasteiger partial charge in [-0.15, -0.1) is 5.10 Å². The zero-order valence-corrected chi connectivity index (χ0v) is 19.1. The number of halogens is 1. The molecular weight excluding hydrogens is 412 g/mol. The van der Waals surface area contributed by atoms with Gasteiger partial charge in [-0.05, 0) is 47.5 Å². The van der Waals surface area contributed by atoms with Crippen LogP contribution in [0.25, 0.3) is 0 Å². The molecule has 0 saturated carbocycles. The molecule has 0 spiro atoms. The maximum atomic E-state index is 6.26. The van der Waals surface area contributed by atoms with E-state index in [-0.39, 0.29) is 6.04 Å². The number of benzene rings is 2. The van der Waals surface area contributed by atoms with Crippen LogP contribution < -0.4 is 4.90 Å². The van der Waals surface area contributed by atoms with Crippen LogP contribution in [-0.2, 0) is 11.3 Å². The average molecular weight is 441 g/mol. The Hall–Kier alpha value is -2.48. The van der Waals surface area contributed by atoms with Crippen molar-refractivity contribution in [2.45, 2.75) is 26.4 Å². The molecule has 2 heterocycles. The lowest BCUT2D eigenvalue weighted by atomic mass is 10.0. The number of nitrogens with zero attached hydrogens (tertiary/aromatic N) is 6. The summed E-state index contributed by atoms with van der Waals surface area (Å²) < 4.78 is 7.12. The number of ether oxygens (including phenoxy) is 1. The van der Waals surface area contributed by atoms with Crippen molar-refractivity contribution in [3.8, 4) is 0 Å². The lowest BCUT2D eigenvalue weighted by Gasteiger charge is -2.40. The molecule has 0 amide bonds. The third-order valence-electron chi connectivity index (χ3n) is 5.90. The molecular formula is C23H29ClN6O. The lowest BCUT2D eigenvalue weighted by Crippen LogP contribution is -2.48. The summed E-state index contributed by atoms with van der Waals surface area (Å²) in [6, 6.07) is 14.8. The van der Waals surface area contributed by atoms with E-state index in [0.29, 0.717) is 13.2 Å². The summed E-state index contributed by atoms with van der Waals surface area (Å²) in [7, 11) is 1.69. The highest BCUT2D eigenvalue weighted by molar-refractivity contribution is 6.30. The zero-order chi connectivity index (χ0) is 21.8. The van der Waals surface area contributed by atoms with Gasteiger partial charge in [-0.25, -0.2) is 4.68 Å². The van der Waals surface area contributed by atoms with Gasteiger partial charge in [0.2, 0.25) is 0 Å². The van der Waals surface area contributed by atoms with Gasteiger partial charge in [0.05, 0.1) is 19.2 Å². The fourth-order valence-electron chi connectivity index (χ4n) is 4.16. The number of hydrogen-bond acceptors (Lipinski definition) is 6. The van der Waals surface area contributed by atoms with Crippen LogP contribution in [0.2, 0.25) is 5.02 Å². The van der Waals surface area contributed by atoms with Crippen molar-refractivity contribution in [1.82, 2.24) is 25.1 Å². The molecule has 0 aliphatic carbocycles. The molecule has 0 bridgehead atoms. The Morgan fingerprint density at radius 1 is 1.03 bits per heavy atom. The van der Waals surface area contributed by atoms with Gasteiger partial charge in [-0.2, -0.15) is 0 Å². The first-order valence-electron chi connectivity index (χ1n) is 10.6. The van der Waals surface area contributed by atoms with Gasteiger partial charge in [-0.3, -0.25) is 4.90 Å². The minimum atomic E-state index is -0.00457. The van der Waals surface area contributed by atoms with Crippen molar-refractivity contribution in [3.05, 3.63) is 70.0 Å². The summed E-state index contributed by atoms with van der Waals surface area (Å²) in [4.78, 5) is 4.88. The van der Waals surface area contributed by atoms with Crippen molar-refractivity contribution < 1.29 is 4.74 Å². The molecule has 31 heavy (non-hydrogen) atoms. The van der Waals surface area contributed by atoms with E-state index < -0.39 is 0 Å². The predicted octanol–water partition coefficient (Wildman–Crippen LogP) is 3.50. The maximum absolute atomic E-state index is 6.26. The number of aromatic nitrogens is 4. The second-order valence-electron chi connectivity index (χ2n) is 8.02. The molecule has 0 N–H and O–H groups in total. The van der Waals surface area contributed by atoms with Gasteiger partial charge in [-0.1, -0.05) is 47.5 Å². The Morgan fingerprint density at radius 3 is 2.48 bits per heavy atom. The topological polar surface area (TPSA) is 59.3 Å². The molecule has 8 heteroatoms. The number of anilines is 1. The Labute approximate surface area is 188 Å². The fourth-order valence-corrected chi connectivity index (χ4v) is 4.33. The third kappa shape index (κ3) is 4.89. The first-order valence-corrected chi connectivity index (χ1v) is 11.0. The summed E-state index contributed by atoms with van der Waals surface area (Å²) in [6.07, 6.45) is 0. The molecule has 164 valence electrons. The maximum Gasteiger partial charge on any atom is 0.173 e. The SMILES string of the molecule is COCCn1nnnc1[C@@H](c1ccc(C)cc1)N1CCN(c2cc(Cl)ccc2C)CC1. The second kappa shape index (κ2) is 9.77. The molecule has 1 fully saturated rings. The van der Waals surface area contributed by atoms with Crippen molar-refractivity contribution >= 4 is 17.3 Å². The molecule has 3 aromatic rings. The summed E-state index contributed by atoms with van der Waals surface area (Å²) in [5, 5.41) is 13.4. The number of piperazine rings is 1. The Balaban J connectivity index is 1.59. The van der Waals surface area contributed by atoms with Crippen LogP contribution in [0.5, 0.6) is 0 Å². The fraction of sp³-hybridized carbons (Fsp3) is 0.435. The smallest absolute Gasteiger partial charge is 0.173 e. The van der Waals surface area contributed by atoms with Gasteiger partial charge in [0.15, 0.2) is 5.82 Å². The van der Waals surface area contributed by atoms with Crippen molar-refractivity contribution in [2.75, 3.05) is 44.8 Å². The van der Waals surface area contributed by atoms with Crippen LogP contribution in [0.1, 0.15) is 28.6 Å². The van der Waals surface area contributed by atoms with Crippen molar-refractivity contribution in [2.24, 2.45) is 0 Å². The van der Waals surface area contributed by atoms with Crippen LogP contribution in [0.4, 0.5) is 5.69 Å². The summed E-state index contributed by atoms with van der Waals surface area (Å²) in [6.45, 7) is 9.09. The van der Waals surface area contributed by atoms with Crippen LogP contribution in [0.15, 0.2) is 42.5 Å². The largest absolute Gasteiger partial charge is 0.383 e. The van der Waals surface area contributed by atoms with E-state index in [2.05, 4.69) is 75.6 Å². The van der Waals surface area contributed by atoms with Crippen molar-refractivity contribution in [1.29, 1.82) is 0 Å². The molecule has 7 nitrogen and oxygen atoms in total. The van der Waals surface area contributed by atoms with Crippen LogP contribution >= 0.6 is 11.6 Å². The highest BCUT2D eigenvalue weighted by Gasteiger charge is 2.31. The van der Waals surface area contributed by atoms with Gasteiger partial charge in [0.1, 0.15) is 0 Å². The van der Waals surface area contributed by atoms with Gasteiger partial charge >= 0.3 is 0 Å². The molecule has 0 radical (unpaired) electrons. The van der Waals surface area contributed by atoms with E-state index in [1.54, 1.807) is 7.11 Å². The van der Waals surface area contributed by atoms with E-state index >= 15 is 0 Å². The third-order valence-corrected chi connectivity index (χ3v) is 6.13. The lowest BCUT2D eigenvalue weighted by molar-refractivity contribution is 0.171. The first kappa shape index (κ1) is 21.7. The predicted molar refractivity (Wildman–Crippen MR) is 123 cm³/mol. The van der Waals surface area contributed by atoms with Gasteiger partial charge < -0.3 is 9.64 Å². The average Bonchev–Trinajstić information content (AvgIpc) is 3.24. The van der Waals surface area contributed by atoms with E-state index in [1.165, 1.54) is 22.4 Å². The second-order valence-corrected chi connectivity index (χ2v) is 8.46. The van der Waals surface area contributed by atoms with Crippen LogP contribution in [0.3, 0.4) is 0 Å². The van der Waals surface area contributed by atoms with E-state index in [1.807, 2.05) is 10.7 Å².